The number of halogens is 1. The van der Waals surface area contributed by atoms with Gasteiger partial charge >= 0.3 is 0 Å². The minimum absolute atomic E-state index is 0.0482. The molecule has 0 radical (unpaired) electrons. The van der Waals surface area contributed by atoms with E-state index in [9.17, 15) is 4.79 Å². The Labute approximate surface area is 173 Å². The smallest absolute Gasteiger partial charge is 0.230 e. The van der Waals surface area contributed by atoms with E-state index in [-0.39, 0.29) is 11.7 Å². The molecule has 0 bridgehead atoms. The number of amides is 1. The molecular weight excluding hydrogens is 394 g/mol. The van der Waals surface area contributed by atoms with Crippen LogP contribution in [0.4, 0.5) is 0 Å². The first-order valence-electron chi connectivity index (χ1n) is 8.88. The largest absolute Gasteiger partial charge is 0.383 e. The van der Waals surface area contributed by atoms with E-state index in [0.717, 1.165) is 27.7 Å². The van der Waals surface area contributed by atoms with Crippen LogP contribution in [0.2, 0.25) is 5.02 Å². The first kappa shape index (κ1) is 20.5. The van der Waals surface area contributed by atoms with Crippen molar-refractivity contribution in [2.75, 3.05) is 26.0 Å². The SMILES string of the molecule is COCCNC(=O)CSc1nc(-c2ccc(Cl)cc2)[nH]c1-c1ccc(C)cc1. The van der Waals surface area contributed by atoms with E-state index in [2.05, 4.69) is 41.5 Å². The summed E-state index contributed by atoms with van der Waals surface area (Å²) in [5.74, 6) is 0.982. The van der Waals surface area contributed by atoms with Crippen molar-refractivity contribution in [1.82, 2.24) is 15.3 Å². The van der Waals surface area contributed by atoms with Crippen LogP contribution < -0.4 is 5.32 Å². The maximum Gasteiger partial charge on any atom is 0.230 e. The zero-order valence-corrected chi connectivity index (χ0v) is 17.4. The van der Waals surface area contributed by atoms with E-state index in [0.29, 0.717) is 18.2 Å². The number of nitrogens with zero attached hydrogens (tertiary/aromatic N) is 1. The van der Waals surface area contributed by atoms with E-state index in [1.807, 2.05) is 24.3 Å². The van der Waals surface area contributed by atoms with Crippen molar-refractivity contribution in [2.24, 2.45) is 0 Å². The van der Waals surface area contributed by atoms with Crippen molar-refractivity contribution in [2.45, 2.75) is 11.9 Å². The van der Waals surface area contributed by atoms with Crippen molar-refractivity contribution in [3.63, 3.8) is 0 Å². The first-order valence-corrected chi connectivity index (χ1v) is 10.2. The highest BCUT2D eigenvalue weighted by atomic mass is 35.5. The molecule has 1 aromatic heterocycles. The van der Waals surface area contributed by atoms with E-state index in [4.69, 9.17) is 21.3 Å². The number of ether oxygens (including phenoxy) is 1. The van der Waals surface area contributed by atoms with Gasteiger partial charge in [-0.2, -0.15) is 0 Å². The number of H-pyrrole nitrogens is 1. The second-order valence-corrected chi connectivity index (χ2v) is 7.67. The number of rotatable bonds is 8. The zero-order chi connectivity index (χ0) is 19.9. The fourth-order valence-electron chi connectivity index (χ4n) is 2.60. The third-order valence-corrected chi connectivity index (χ3v) is 5.32. The molecule has 0 atom stereocenters. The van der Waals surface area contributed by atoms with Gasteiger partial charge in [-0.15, -0.1) is 0 Å². The Morgan fingerprint density at radius 1 is 1.14 bits per heavy atom. The third-order valence-electron chi connectivity index (χ3n) is 4.10. The summed E-state index contributed by atoms with van der Waals surface area (Å²) in [6, 6.07) is 15.7. The van der Waals surface area contributed by atoms with E-state index < -0.39 is 0 Å². The molecule has 1 amide bonds. The number of benzene rings is 2. The number of carbonyl (C=O) groups excluding carboxylic acids is 1. The van der Waals surface area contributed by atoms with Gasteiger partial charge in [0.25, 0.3) is 0 Å². The van der Waals surface area contributed by atoms with Crippen LogP contribution in [0.25, 0.3) is 22.6 Å². The van der Waals surface area contributed by atoms with Crippen LogP contribution in [0.5, 0.6) is 0 Å². The highest BCUT2D eigenvalue weighted by molar-refractivity contribution is 8.00. The molecule has 0 unspecified atom stereocenters. The molecule has 1 heterocycles. The minimum Gasteiger partial charge on any atom is -0.383 e. The van der Waals surface area contributed by atoms with Gasteiger partial charge < -0.3 is 15.0 Å². The van der Waals surface area contributed by atoms with Gasteiger partial charge in [-0.1, -0.05) is 53.2 Å². The lowest BCUT2D eigenvalue weighted by atomic mass is 10.1. The third kappa shape index (κ3) is 5.38. The number of hydrogen-bond acceptors (Lipinski definition) is 4. The molecule has 0 saturated heterocycles. The molecule has 28 heavy (non-hydrogen) atoms. The molecule has 2 aromatic carbocycles. The lowest BCUT2D eigenvalue weighted by molar-refractivity contribution is -0.118. The summed E-state index contributed by atoms with van der Waals surface area (Å²) in [7, 11) is 1.61. The van der Waals surface area contributed by atoms with Crippen molar-refractivity contribution in [3.05, 3.63) is 59.1 Å². The quantitative estimate of drug-likeness (QED) is 0.418. The van der Waals surface area contributed by atoms with E-state index in [1.54, 1.807) is 7.11 Å². The summed E-state index contributed by atoms with van der Waals surface area (Å²) in [5.41, 5.74) is 4.06. The van der Waals surface area contributed by atoms with Crippen LogP contribution in [-0.4, -0.2) is 41.9 Å². The van der Waals surface area contributed by atoms with E-state index >= 15 is 0 Å². The number of aromatic nitrogens is 2. The summed E-state index contributed by atoms with van der Waals surface area (Å²) in [4.78, 5) is 20.2. The Bertz CT molecular complexity index is 924. The Balaban J connectivity index is 1.84. The van der Waals surface area contributed by atoms with Gasteiger partial charge in [0.05, 0.1) is 18.1 Å². The normalized spacial score (nSPS) is 10.8. The van der Waals surface area contributed by atoms with Crippen molar-refractivity contribution in [1.29, 1.82) is 0 Å². The second kappa shape index (κ2) is 9.78. The molecular formula is C21H22ClN3O2S. The van der Waals surface area contributed by atoms with Gasteiger partial charge in [0.15, 0.2) is 0 Å². The standard InChI is InChI=1S/C21H22ClN3O2S/c1-14-3-5-15(6-4-14)19-21(28-13-18(26)23-11-12-27-2)25-20(24-19)16-7-9-17(22)10-8-16/h3-10H,11-13H2,1-2H3,(H,23,26)(H,24,25). The minimum atomic E-state index is -0.0482. The van der Waals surface area contributed by atoms with Gasteiger partial charge in [0.2, 0.25) is 5.91 Å². The van der Waals surface area contributed by atoms with Gasteiger partial charge in [0, 0.05) is 29.8 Å². The van der Waals surface area contributed by atoms with Gasteiger partial charge in [-0.3, -0.25) is 4.79 Å². The average Bonchev–Trinajstić information content (AvgIpc) is 3.12. The topological polar surface area (TPSA) is 67.0 Å². The van der Waals surface area contributed by atoms with Gasteiger partial charge in [-0.05, 0) is 31.2 Å². The molecule has 0 spiro atoms. The lowest BCUT2D eigenvalue weighted by Crippen LogP contribution is -2.28. The van der Waals surface area contributed by atoms with E-state index in [1.165, 1.54) is 17.3 Å². The second-order valence-electron chi connectivity index (χ2n) is 6.27. The molecule has 0 fully saturated rings. The molecule has 0 aliphatic carbocycles. The molecule has 146 valence electrons. The number of carbonyl (C=O) groups is 1. The predicted octanol–water partition coefficient (Wildman–Crippen LogP) is 4.56. The first-order chi connectivity index (χ1) is 13.6. The Morgan fingerprint density at radius 3 is 2.50 bits per heavy atom. The van der Waals surface area contributed by atoms with Crippen LogP contribution in [0.3, 0.4) is 0 Å². The number of nitrogens with one attached hydrogen (secondary N) is 2. The highest BCUT2D eigenvalue weighted by Gasteiger charge is 2.15. The maximum absolute atomic E-state index is 12.1. The molecule has 0 aliphatic rings. The van der Waals surface area contributed by atoms with Crippen LogP contribution in [0, 0.1) is 6.92 Å². The number of thioether (sulfide) groups is 1. The zero-order valence-electron chi connectivity index (χ0n) is 15.8. The Hall–Kier alpha value is -2.28. The monoisotopic (exact) mass is 415 g/mol. The number of imidazole rings is 1. The summed E-state index contributed by atoms with van der Waals surface area (Å²) in [6.07, 6.45) is 0. The lowest BCUT2D eigenvalue weighted by Gasteiger charge is -2.05. The van der Waals surface area contributed by atoms with Crippen LogP contribution in [0.15, 0.2) is 53.6 Å². The summed E-state index contributed by atoms with van der Waals surface area (Å²) in [6.45, 7) is 3.04. The predicted molar refractivity (Wildman–Crippen MR) is 115 cm³/mol. The van der Waals surface area contributed by atoms with Crippen molar-refractivity contribution >= 4 is 29.3 Å². The Kier molecular flexibility index (Phi) is 7.14. The molecule has 5 nitrogen and oxygen atoms in total. The van der Waals surface area contributed by atoms with Crippen molar-refractivity contribution in [3.8, 4) is 22.6 Å². The average molecular weight is 416 g/mol. The fourth-order valence-corrected chi connectivity index (χ4v) is 3.56. The number of aromatic amines is 1. The summed E-state index contributed by atoms with van der Waals surface area (Å²) < 4.78 is 4.95. The van der Waals surface area contributed by atoms with Crippen LogP contribution >= 0.6 is 23.4 Å². The molecule has 0 aliphatic heterocycles. The maximum atomic E-state index is 12.1. The van der Waals surface area contributed by atoms with Crippen molar-refractivity contribution < 1.29 is 9.53 Å². The van der Waals surface area contributed by atoms with Gasteiger partial charge in [0.1, 0.15) is 10.9 Å². The summed E-state index contributed by atoms with van der Waals surface area (Å²) in [5, 5.41) is 4.29. The molecule has 0 saturated carbocycles. The number of methoxy groups -OCH3 is 1. The molecule has 7 heteroatoms. The number of hydrogen-bond donors (Lipinski definition) is 2. The molecule has 3 aromatic rings. The fraction of sp³-hybridized carbons (Fsp3) is 0.238. The molecule has 3 rings (SSSR count). The van der Waals surface area contributed by atoms with Crippen LogP contribution in [-0.2, 0) is 9.53 Å². The molecule has 2 N–H and O–H groups in total. The van der Waals surface area contributed by atoms with Crippen LogP contribution in [0.1, 0.15) is 5.56 Å². The summed E-state index contributed by atoms with van der Waals surface area (Å²) >= 11 is 7.40. The highest BCUT2D eigenvalue weighted by Crippen LogP contribution is 2.32. The Morgan fingerprint density at radius 2 is 1.82 bits per heavy atom. The van der Waals surface area contributed by atoms with Gasteiger partial charge in [-0.25, -0.2) is 4.98 Å². The number of aryl methyl sites for hydroxylation is 1.